The lowest BCUT2D eigenvalue weighted by molar-refractivity contribution is 0.351. The average molecular weight is 314 g/mol. The Morgan fingerprint density at radius 1 is 1.19 bits per heavy atom. The van der Waals surface area contributed by atoms with Crippen LogP contribution in [0.5, 0.6) is 0 Å². The van der Waals surface area contributed by atoms with Crippen molar-refractivity contribution in [3.8, 4) is 12.1 Å². The Morgan fingerprint density at radius 3 is 2.33 bits per heavy atom. The van der Waals surface area contributed by atoms with Gasteiger partial charge in [0.05, 0.1) is 12.1 Å². The van der Waals surface area contributed by atoms with Gasteiger partial charge in [-0.2, -0.15) is 19.3 Å². The second kappa shape index (κ2) is 7.66. The Balaban J connectivity index is 2.73. The van der Waals surface area contributed by atoms with Crippen LogP contribution in [-0.2, 0) is 6.42 Å². The molecule has 110 valence electrons. The summed E-state index contributed by atoms with van der Waals surface area (Å²) in [6, 6.07) is 6.86. The molecule has 0 bridgehead atoms. The number of nitrogens with zero attached hydrogens (tertiary/aromatic N) is 3. The summed E-state index contributed by atoms with van der Waals surface area (Å²) in [4.78, 5) is 3.86. The second-order valence-corrected chi connectivity index (χ2v) is 4.85. The summed E-state index contributed by atoms with van der Waals surface area (Å²) in [7, 11) is 0. The van der Waals surface area contributed by atoms with Gasteiger partial charge in [0.2, 0.25) is 0 Å². The fraction of sp³-hybridized carbons (Fsp3) is 0.357. The predicted octanol–water partition coefficient (Wildman–Crippen LogP) is 4.56. The van der Waals surface area contributed by atoms with Gasteiger partial charge in [-0.15, -0.1) is 0 Å². The number of rotatable bonds is 6. The molecule has 0 aliphatic carbocycles. The van der Waals surface area contributed by atoms with Crippen molar-refractivity contribution in [2.45, 2.75) is 25.7 Å². The zero-order valence-electron chi connectivity index (χ0n) is 10.9. The molecule has 1 rings (SSSR count). The number of aromatic nitrogens is 1. The number of hydrogen-bond acceptors (Lipinski definition) is 3. The molecule has 0 atom stereocenters. The van der Waals surface area contributed by atoms with E-state index in [4.69, 9.17) is 22.1 Å². The van der Waals surface area contributed by atoms with Gasteiger partial charge in [0.1, 0.15) is 10.6 Å². The second-order valence-electron chi connectivity index (χ2n) is 4.46. The topological polar surface area (TPSA) is 60.5 Å². The zero-order chi connectivity index (χ0) is 15.9. The fourth-order valence-corrected chi connectivity index (χ4v) is 1.82. The maximum Gasteiger partial charge on any atom is 0.301 e. The molecule has 21 heavy (non-hydrogen) atoms. The van der Waals surface area contributed by atoms with E-state index < -0.39 is 23.7 Å². The Hall–Kier alpha value is -2.05. The predicted molar refractivity (Wildman–Crippen MR) is 70.8 cm³/mol. The highest BCUT2D eigenvalue weighted by atomic mass is 35.5. The zero-order valence-corrected chi connectivity index (χ0v) is 11.7. The molecule has 0 aromatic carbocycles. The minimum atomic E-state index is -2.42. The van der Waals surface area contributed by atoms with Gasteiger partial charge in [-0.1, -0.05) is 17.7 Å². The third-order valence-corrected chi connectivity index (χ3v) is 3.26. The Labute approximate surface area is 125 Å². The normalized spacial score (nSPS) is 10.6. The van der Waals surface area contributed by atoms with Gasteiger partial charge in [-0.05, 0) is 30.9 Å². The van der Waals surface area contributed by atoms with Crippen molar-refractivity contribution < 1.29 is 13.2 Å². The van der Waals surface area contributed by atoms with Crippen LogP contribution in [0, 0.1) is 28.1 Å². The van der Waals surface area contributed by atoms with Crippen molar-refractivity contribution in [2.75, 3.05) is 0 Å². The smallest absolute Gasteiger partial charge is 0.244 e. The largest absolute Gasteiger partial charge is 0.301 e. The van der Waals surface area contributed by atoms with Crippen molar-refractivity contribution in [2.24, 2.45) is 5.41 Å². The first-order chi connectivity index (χ1) is 9.92. The van der Waals surface area contributed by atoms with E-state index in [1.807, 2.05) is 0 Å². The van der Waals surface area contributed by atoms with Crippen molar-refractivity contribution >= 4 is 11.6 Å². The summed E-state index contributed by atoms with van der Waals surface area (Å²) in [5, 5.41) is 18.5. The lowest BCUT2D eigenvalue weighted by Gasteiger charge is -2.17. The van der Waals surface area contributed by atoms with E-state index in [2.05, 4.69) is 4.98 Å². The summed E-state index contributed by atoms with van der Waals surface area (Å²) < 4.78 is 36.9. The van der Waals surface area contributed by atoms with Gasteiger partial charge in [0.15, 0.2) is 5.83 Å². The molecule has 0 saturated heterocycles. The van der Waals surface area contributed by atoms with E-state index in [0.29, 0.717) is 11.6 Å². The summed E-state index contributed by atoms with van der Waals surface area (Å²) in [6.07, 6.45) is -1.39. The molecule has 0 unspecified atom stereocenters. The highest BCUT2D eigenvalue weighted by molar-refractivity contribution is 6.29. The maximum absolute atomic E-state index is 12.8. The van der Waals surface area contributed by atoms with Crippen LogP contribution in [0.2, 0.25) is 5.15 Å². The summed E-state index contributed by atoms with van der Waals surface area (Å²) in [5.74, 6) is -1.59. The molecule has 0 saturated carbocycles. The molecule has 0 spiro atoms. The van der Waals surface area contributed by atoms with Crippen LogP contribution in [0.15, 0.2) is 30.2 Å². The molecule has 0 amide bonds. The van der Waals surface area contributed by atoms with E-state index in [0.717, 1.165) is 5.56 Å². The molecule has 0 aliphatic rings. The Kier molecular flexibility index (Phi) is 6.20. The van der Waals surface area contributed by atoms with Crippen LogP contribution in [0.1, 0.15) is 24.8 Å². The highest BCUT2D eigenvalue weighted by Gasteiger charge is 2.30. The quantitative estimate of drug-likeness (QED) is 0.723. The van der Waals surface area contributed by atoms with Crippen molar-refractivity contribution in [3.63, 3.8) is 0 Å². The Bertz CT molecular complexity index is 581. The molecule has 1 heterocycles. The van der Waals surface area contributed by atoms with E-state index in [1.54, 1.807) is 24.3 Å². The number of pyridine rings is 1. The first kappa shape index (κ1) is 17.0. The molecule has 1 aromatic heterocycles. The molecule has 1 aromatic rings. The summed E-state index contributed by atoms with van der Waals surface area (Å²) in [5.41, 5.74) is -0.756. The maximum atomic E-state index is 12.8. The molecule has 0 fully saturated rings. The lowest BCUT2D eigenvalue weighted by Crippen LogP contribution is -2.17. The van der Waals surface area contributed by atoms with Crippen molar-refractivity contribution in [1.29, 1.82) is 10.5 Å². The third kappa shape index (κ3) is 5.09. The van der Waals surface area contributed by atoms with E-state index >= 15 is 0 Å². The monoisotopic (exact) mass is 313 g/mol. The molecule has 0 radical (unpaired) electrons. The van der Waals surface area contributed by atoms with Gasteiger partial charge in [0, 0.05) is 12.6 Å². The van der Waals surface area contributed by atoms with E-state index in [9.17, 15) is 13.2 Å². The fourth-order valence-electron chi connectivity index (χ4n) is 1.70. The van der Waals surface area contributed by atoms with Gasteiger partial charge in [-0.25, -0.2) is 9.37 Å². The van der Waals surface area contributed by atoms with Crippen LogP contribution in [-0.4, -0.2) is 4.98 Å². The van der Waals surface area contributed by atoms with Crippen LogP contribution in [0.4, 0.5) is 13.2 Å². The minimum absolute atomic E-state index is 0.102. The van der Waals surface area contributed by atoms with Crippen molar-refractivity contribution in [1.82, 2.24) is 4.98 Å². The van der Waals surface area contributed by atoms with Gasteiger partial charge in [-0.3, -0.25) is 0 Å². The molecule has 0 N–H and O–H groups in total. The van der Waals surface area contributed by atoms with Gasteiger partial charge >= 0.3 is 6.08 Å². The molecule has 7 heteroatoms. The molecular formula is C14H11ClF3N3. The molecular weight excluding hydrogens is 303 g/mol. The van der Waals surface area contributed by atoms with Crippen LogP contribution < -0.4 is 0 Å². The first-order valence-corrected chi connectivity index (χ1v) is 6.43. The lowest BCUT2D eigenvalue weighted by atomic mass is 9.81. The standard InChI is InChI=1S/C14H11ClF3N3/c15-12-2-1-10(7-21-12)3-5-14(8-19,9-20)6-4-11(16)13(17)18/h1-2,7H,3-6H2. The number of nitriles is 2. The van der Waals surface area contributed by atoms with Gasteiger partial charge < -0.3 is 0 Å². The van der Waals surface area contributed by atoms with Crippen LogP contribution in [0.3, 0.4) is 0 Å². The molecule has 3 nitrogen and oxygen atoms in total. The number of aryl methyl sites for hydroxylation is 1. The Morgan fingerprint density at radius 2 is 1.86 bits per heavy atom. The summed E-state index contributed by atoms with van der Waals surface area (Å²) >= 11 is 5.64. The van der Waals surface area contributed by atoms with E-state index in [1.165, 1.54) is 6.20 Å². The van der Waals surface area contributed by atoms with Crippen LogP contribution in [0.25, 0.3) is 0 Å². The highest BCUT2D eigenvalue weighted by Crippen LogP contribution is 2.31. The molecule has 0 aliphatic heterocycles. The first-order valence-electron chi connectivity index (χ1n) is 6.05. The van der Waals surface area contributed by atoms with E-state index in [-0.39, 0.29) is 12.8 Å². The average Bonchev–Trinajstić information content (AvgIpc) is 2.49. The SMILES string of the molecule is N#CC(C#N)(CCC(F)=C(F)F)CCc1ccc(Cl)nc1. The third-order valence-electron chi connectivity index (χ3n) is 3.03. The number of hydrogen-bond donors (Lipinski definition) is 0. The number of allylic oxidation sites excluding steroid dienone is 1. The van der Waals surface area contributed by atoms with Gasteiger partial charge in [0.25, 0.3) is 0 Å². The summed E-state index contributed by atoms with van der Waals surface area (Å²) in [6.45, 7) is 0. The van der Waals surface area contributed by atoms with Crippen LogP contribution >= 0.6 is 11.6 Å². The van der Waals surface area contributed by atoms with Crippen molar-refractivity contribution in [3.05, 3.63) is 41.0 Å². The minimum Gasteiger partial charge on any atom is -0.244 e. The number of halogens is 4.